The van der Waals surface area contributed by atoms with Crippen LogP contribution in [0.5, 0.6) is 23.0 Å². The summed E-state index contributed by atoms with van der Waals surface area (Å²) in [5.74, 6) is 0.231. The number of Topliss-reactive ketones (excluding diaryl/α,β-unsaturated/α-hetero) is 1. The number of methoxy groups -OCH3 is 1. The zero-order chi connectivity index (χ0) is 29.8. The van der Waals surface area contributed by atoms with Crippen molar-refractivity contribution in [3.63, 3.8) is 0 Å². The van der Waals surface area contributed by atoms with Crippen LogP contribution in [0, 0.1) is 0 Å². The number of nitrogens with zero attached hydrogens (tertiary/aromatic N) is 2. The maximum Gasteiger partial charge on any atom is 0.301 e. The lowest BCUT2D eigenvalue weighted by atomic mass is 9.95. The van der Waals surface area contributed by atoms with E-state index in [1.807, 2.05) is 26.0 Å². The van der Waals surface area contributed by atoms with Crippen molar-refractivity contribution in [2.24, 2.45) is 0 Å². The number of aliphatic hydroxyl groups excluding tert-OH is 1. The van der Waals surface area contributed by atoms with Crippen molar-refractivity contribution >= 4 is 44.1 Å². The first-order chi connectivity index (χ1) is 20.4. The van der Waals surface area contributed by atoms with Crippen LogP contribution in [0.25, 0.3) is 16.0 Å². The predicted octanol–water partition coefficient (Wildman–Crippen LogP) is 6.29. The number of carbonyl (C=O) groups is 2. The molecule has 1 atom stereocenters. The van der Waals surface area contributed by atoms with E-state index >= 15 is 0 Å². The van der Waals surface area contributed by atoms with Crippen LogP contribution in [0.1, 0.15) is 31.0 Å². The summed E-state index contributed by atoms with van der Waals surface area (Å²) in [5.41, 5.74) is 1.48. The highest BCUT2D eigenvalue weighted by molar-refractivity contribution is 7.22. The number of ether oxygens (including phenoxy) is 4. The van der Waals surface area contributed by atoms with Crippen molar-refractivity contribution in [2.75, 3.05) is 31.8 Å². The van der Waals surface area contributed by atoms with Gasteiger partial charge in [-0.2, -0.15) is 0 Å². The van der Waals surface area contributed by atoms with E-state index in [2.05, 4.69) is 6.58 Å². The Morgan fingerprint density at radius 3 is 2.40 bits per heavy atom. The van der Waals surface area contributed by atoms with Crippen LogP contribution >= 0.6 is 11.3 Å². The quantitative estimate of drug-likeness (QED) is 0.0945. The van der Waals surface area contributed by atoms with Crippen molar-refractivity contribution in [3.8, 4) is 23.0 Å². The molecule has 42 heavy (non-hydrogen) atoms. The Morgan fingerprint density at radius 1 is 0.976 bits per heavy atom. The molecule has 1 aromatic heterocycles. The lowest BCUT2D eigenvalue weighted by Gasteiger charge is -2.24. The minimum absolute atomic E-state index is 0.0679. The number of benzene rings is 3. The minimum Gasteiger partial charge on any atom is -0.507 e. The molecule has 0 saturated carbocycles. The third kappa shape index (κ3) is 5.40. The van der Waals surface area contributed by atoms with E-state index in [0.717, 1.165) is 4.70 Å². The summed E-state index contributed by atoms with van der Waals surface area (Å²) < 4.78 is 23.3. The maximum atomic E-state index is 13.7. The van der Waals surface area contributed by atoms with E-state index in [1.165, 1.54) is 23.3 Å². The number of anilines is 1. The molecular weight excluding hydrogens is 556 g/mol. The van der Waals surface area contributed by atoms with Crippen LogP contribution in [0.15, 0.2) is 78.9 Å². The average molecular weight is 587 g/mol. The second-order valence-electron chi connectivity index (χ2n) is 9.20. The number of ketones is 1. The van der Waals surface area contributed by atoms with E-state index in [0.29, 0.717) is 58.0 Å². The van der Waals surface area contributed by atoms with Gasteiger partial charge in [0.15, 0.2) is 16.6 Å². The maximum absolute atomic E-state index is 13.7. The van der Waals surface area contributed by atoms with Crippen LogP contribution in [0.3, 0.4) is 0 Å². The van der Waals surface area contributed by atoms with Gasteiger partial charge in [-0.3, -0.25) is 14.5 Å². The van der Waals surface area contributed by atoms with E-state index in [4.69, 9.17) is 23.9 Å². The highest BCUT2D eigenvalue weighted by Gasteiger charge is 2.48. The number of fused-ring (bicyclic) bond motifs is 1. The summed E-state index contributed by atoms with van der Waals surface area (Å²) >= 11 is 1.26. The van der Waals surface area contributed by atoms with Gasteiger partial charge >= 0.3 is 5.91 Å². The summed E-state index contributed by atoms with van der Waals surface area (Å²) in [6, 6.07) is 16.2. The van der Waals surface area contributed by atoms with Crippen molar-refractivity contribution in [2.45, 2.75) is 19.9 Å². The topological polar surface area (TPSA) is 107 Å². The molecule has 10 heteroatoms. The Balaban J connectivity index is 1.69. The molecule has 1 amide bonds. The first kappa shape index (κ1) is 28.7. The van der Waals surface area contributed by atoms with Gasteiger partial charge < -0.3 is 24.1 Å². The molecule has 216 valence electrons. The van der Waals surface area contributed by atoms with Gasteiger partial charge in [-0.1, -0.05) is 30.1 Å². The molecule has 1 saturated heterocycles. The van der Waals surface area contributed by atoms with Crippen molar-refractivity contribution < 1.29 is 33.6 Å². The van der Waals surface area contributed by atoms with Gasteiger partial charge in [0.1, 0.15) is 23.9 Å². The standard InChI is InChI=1S/C32H30N2O7S/c1-5-16-41-24-15-10-20(17-25(24)40-7-3)28-27(29(35)19-8-11-21(38-4)12-9-19)30(36)31(37)34(28)32-33-23-14-13-22(39-6-2)18-26(23)42-32/h5,8-15,17-18,28,35H,1,6-7,16H2,2-4H3. The van der Waals surface area contributed by atoms with Crippen LogP contribution in [-0.4, -0.2) is 48.7 Å². The van der Waals surface area contributed by atoms with Crippen LogP contribution in [0.2, 0.25) is 0 Å². The summed E-state index contributed by atoms with van der Waals surface area (Å²) in [6.07, 6.45) is 1.62. The molecule has 4 aromatic rings. The van der Waals surface area contributed by atoms with Crippen molar-refractivity contribution in [1.29, 1.82) is 0 Å². The Bertz CT molecular complexity index is 1680. The van der Waals surface area contributed by atoms with Gasteiger partial charge in [0.05, 0.1) is 42.2 Å². The Morgan fingerprint density at radius 2 is 1.71 bits per heavy atom. The molecule has 1 aliphatic rings. The molecule has 0 aliphatic carbocycles. The number of amides is 1. The summed E-state index contributed by atoms with van der Waals surface area (Å²) in [5, 5.41) is 11.8. The first-order valence-electron chi connectivity index (χ1n) is 13.4. The van der Waals surface area contributed by atoms with Gasteiger partial charge in [-0.15, -0.1) is 0 Å². The largest absolute Gasteiger partial charge is 0.507 e. The Hall–Kier alpha value is -4.83. The second kappa shape index (κ2) is 12.4. The summed E-state index contributed by atoms with van der Waals surface area (Å²) in [6.45, 7) is 8.57. The fraction of sp³-hybridized carbons (Fsp3) is 0.219. The molecule has 1 fully saturated rings. The summed E-state index contributed by atoms with van der Waals surface area (Å²) in [4.78, 5) is 33.3. The molecule has 9 nitrogen and oxygen atoms in total. The SMILES string of the molecule is C=CCOc1ccc(C2C(=C(O)c3ccc(OC)cc3)C(=O)C(=O)N2c2nc3ccc(OCC)cc3s2)cc1OCC. The van der Waals surface area contributed by atoms with E-state index < -0.39 is 17.7 Å². The number of hydrogen-bond acceptors (Lipinski definition) is 9. The number of aliphatic hydroxyl groups is 1. The van der Waals surface area contributed by atoms with E-state index in [9.17, 15) is 14.7 Å². The lowest BCUT2D eigenvalue weighted by Crippen LogP contribution is -2.29. The van der Waals surface area contributed by atoms with E-state index in [-0.39, 0.29) is 17.9 Å². The summed E-state index contributed by atoms with van der Waals surface area (Å²) in [7, 11) is 1.54. The molecular formula is C32H30N2O7S. The van der Waals surface area contributed by atoms with Crippen LogP contribution in [0.4, 0.5) is 5.13 Å². The monoisotopic (exact) mass is 586 g/mol. The fourth-order valence-electron chi connectivity index (χ4n) is 4.73. The average Bonchev–Trinajstić information content (AvgIpc) is 3.54. The van der Waals surface area contributed by atoms with Crippen molar-refractivity contribution in [1.82, 2.24) is 4.98 Å². The molecule has 0 radical (unpaired) electrons. The normalized spacial score (nSPS) is 16.1. The molecule has 0 spiro atoms. The third-order valence-electron chi connectivity index (χ3n) is 6.61. The molecule has 1 aliphatic heterocycles. The molecule has 2 heterocycles. The van der Waals surface area contributed by atoms with Crippen molar-refractivity contribution in [3.05, 3.63) is 90.0 Å². The second-order valence-corrected chi connectivity index (χ2v) is 10.2. The molecule has 3 aromatic carbocycles. The number of carbonyl (C=O) groups excluding carboxylic acids is 2. The predicted molar refractivity (Wildman–Crippen MR) is 162 cm³/mol. The smallest absolute Gasteiger partial charge is 0.301 e. The first-order valence-corrected chi connectivity index (χ1v) is 14.2. The Kier molecular flexibility index (Phi) is 8.44. The third-order valence-corrected chi connectivity index (χ3v) is 7.63. The molecule has 5 rings (SSSR count). The Labute approximate surface area is 247 Å². The lowest BCUT2D eigenvalue weighted by molar-refractivity contribution is -0.132. The molecule has 0 bridgehead atoms. The number of aromatic nitrogens is 1. The highest BCUT2D eigenvalue weighted by Crippen LogP contribution is 2.46. The molecule has 1 N–H and O–H groups in total. The van der Waals surface area contributed by atoms with Gasteiger partial charge in [0.2, 0.25) is 0 Å². The van der Waals surface area contributed by atoms with Gasteiger partial charge in [0.25, 0.3) is 5.78 Å². The fourth-order valence-corrected chi connectivity index (χ4v) is 5.75. The molecule has 1 unspecified atom stereocenters. The van der Waals surface area contributed by atoms with Crippen LogP contribution < -0.4 is 23.8 Å². The highest BCUT2D eigenvalue weighted by atomic mass is 32.1. The van der Waals surface area contributed by atoms with Gasteiger partial charge in [0, 0.05) is 5.56 Å². The number of hydrogen-bond donors (Lipinski definition) is 1. The zero-order valence-electron chi connectivity index (χ0n) is 23.5. The number of thiazole rings is 1. The van der Waals surface area contributed by atoms with Gasteiger partial charge in [-0.05, 0) is 74.0 Å². The minimum atomic E-state index is -0.994. The zero-order valence-corrected chi connectivity index (χ0v) is 24.3. The number of rotatable bonds is 11. The van der Waals surface area contributed by atoms with Crippen LogP contribution in [-0.2, 0) is 9.59 Å². The van der Waals surface area contributed by atoms with E-state index in [1.54, 1.807) is 54.6 Å². The van der Waals surface area contributed by atoms with Gasteiger partial charge in [-0.25, -0.2) is 4.98 Å².